The summed E-state index contributed by atoms with van der Waals surface area (Å²) >= 11 is 0. The summed E-state index contributed by atoms with van der Waals surface area (Å²) in [5, 5.41) is 9.90. The fraction of sp³-hybridized carbons (Fsp3) is 0.778. The van der Waals surface area contributed by atoms with Crippen molar-refractivity contribution in [3.8, 4) is 0 Å². The molecule has 0 aliphatic rings. The van der Waals surface area contributed by atoms with Gasteiger partial charge in [-0.25, -0.2) is 8.78 Å². The molecule has 0 bridgehead atoms. The fourth-order valence-electron chi connectivity index (χ4n) is 0.919. The van der Waals surface area contributed by atoms with Crippen molar-refractivity contribution >= 4 is 11.9 Å². The molecule has 0 heterocycles. The first-order valence-electron chi connectivity index (χ1n) is 5.02. The normalized spacial score (nSPS) is 12.8. The second-order valence-corrected chi connectivity index (χ2v) is 3.74. The maximum absolute atomic E-state index is 12.8. The number of esters is 1. The van der Waals surface area contributed by atoms with Crippen molar-refractivity contribution in [2.75, 3.05) is 6.61 Å². The van der Waals surface area contributed by atoms with Gasteiger partial charge in [-0.15, -0.1) is 0 Å². The Morgan fingerprint density at radius 3 is 1.82 bits per heavy atom. The molecule has 0 N–H and O–H groups in total. The molecule has 13 heteroatoms. The summed E-state index contributed by atoms with van der Waals surface area (Å²) in [6, 6.07) is 0. The second kappa shape index (κ2) is 8.29. The van der Waals surface area contributed by atoms with Crippen LogP contribution in [0.1, 0.15) is 12.8 Å². The van der Waals surface area contributed by atoms with Gasteiger partial charge in [0.15, 0.2) is 6.61 Å². The third-order valence-electron chi connectivity index (χ3n) is 2.10. The van der Waals surface area contributed by atoms with Crippen LogP contribution in [0.3, 0.4) is 0 Å². The van der Waals surface area contributed by atoms with E-state index in [0.717, 1.165) is 0 Å². The Morgan fingerprint density at radius 2 is 1.45 bits per heavy atom. The van der Waals surface area contributed by atoms with Crippen LogP contribution in [0, 0.1) is 0 Å². The Balaban J connectivity index is 0. The molecule has 0 rings (SSSR count). The molecule has 0 aliphatic carbocycles. The Morgan fingerprint density at radius 1 is 1.00 bits per heavy atom. The topological polar surface area (TPSA) is 66.4 Å². The quantitative estimate of drug-likeness (QED) is 0.294. The van der Waals surface area contributed by atoms with Crippen molar-refractivity contribution in [2.24, 2.45) is 0 Å². The Kier molecular flexibility index (Phi) is 8.91. The number of carbonyl (C=O) groups is 2. The molecule has 0 saturated carbocycles. The van der Waals surface area contributed by atoms with E-state index in [4.69, 9.17) is 0 Å². The molecule has 22 heavy (non-hydrogen) atoms. The molecule has 0 aromatic carbocycles. The molecule has 0 spiro atoms. The van der Waals surface area contributed by atoms with E-state index in [-0.39, 0.29) is 29.6 Å². The van der Waals surface area contributed by atoms with E-state index in [1.165, 1.54) is 0 Å². The Bertz CT molecular complexity index is 401. The fourth-order valence-corrected chi connectivity index (χ4v) is 0.919. The summed E-state index contributed by atoms with van der Waals surface area (Å²) in [7, 11) is 0. The van der Waals surface area contributed by atoms with Crippen molar-refractivity contribution in [3.05, 3.63) is 0 Å². The van der Waals surface area contributed by atoms with Gasteiger partial charge in [0.2, 0.25) is 0 Å². The van der Waals surface area contributed by atoms with Gasteiger partial charge in [-0.2, -0.15) is 26.3 Å². The zero-order valence-electron chi connectivity index (χ0n) is 10.9. The van der Waals surface area contributed by atoms with Gasteiger partial charge in [0.25, 0.3) is 0 Å². The average Bonchev–Trinajstić information content (AvgIpc) is 2.33. The molecule has 4 nitrogen and oxygen atoms in total. The van der Waals surface area contributed by atoms with Crippen molar-refractivity contribution in [1.82, 2.24) is 0 Å². The zero-order valence-corrected chi connectivity index (χ0v) is 12.9. The average molecular weight is 354 g/mol. The SMILES string of the molecule is O=C([O-])CCC(=O)OCC(F)(F)C(F)(F)C(F)(F)C(F)F.[Na+]. The summed E-state index contributed by atoms with van der Waals surface area (Å²) < 4.78 is 103. The standard InChI is InChI=1S/C9H8F8O4.Na/c10-6(11)8(14,15)9(16,17)7(12,13)3-21-5(20)2-1-4(18)19;/h6H,1-3H2,(H,18,19);/q;+1/p-1. The van der Waals surface area contributed by atoms with Gasteiger partial charge in [0.05, 0.1) is 6.42 Å². The van der Waals surface area contributed by atoms with E-state index in [2.05, 4.69) is 4.74 Å². The minimum Gasteiger partial charge on any atom is -0.550 e. The molecule has 0 aliphatic heterocycles. The predicted molar refractivity (Wildman–Crippen MR) is 46.0 cm³/mol. The van der Waals surface area contributed by atoms with Gasteiger partial charge >= 0.3 is 59.7 Å². The maximum Gasteiger partial charge on any atom is 1.00 e. The Labute approximate surface area is 140 Å². The van der Waals surface area contributed by atoms with Gasteiger partial charge in [-0.1, -0.05) is 0 Å². The summed E-state index contributed by atoms with van der Waals surface area (Å²) in [5.41, 5.74) is 0. The Hall–Kier alpha value is -0.620. The molecule has 0 fully saturated rings. The van der Waals surface area contributed by atoms with E-state index in [9.17, 15) is 49.8 Å². The predicted octanol–water partition coefficient (Wildman–Crippen LogP) is -1.77. The monoisotopic (exact) mass is 354 g/mol. The number of carboxylic acids is 1. The van der Waals surface area contributed by atoms with Crippen molar-refractivity contribution < 1.29 is 84.1 Å². The largest absolute Gasteiger partial charge is 1.00 e. The summed E-state index contributed by atoms with van der Waals surface area (Å²) in [6.45, 7) is -2.62. The minimum absolute atomic E-state index is 0. The summed E-state index contributed by atoms with van der Waals surface area (Å²) in [4.78, 5) is 20.6. The van der Waals surface area contributed by atoms with Crippen LogP contribution in [0.25, 0.3) is 0 Å². The zero-order chi connectivity index (χ0) is 17.1. The van der Waals surface area contributed by atoms with Gasteiger partial charge in [-0.3, -0.25) is 4.79 Å². The summed E-state index contributed by atoms with van der Waals surface area (Å²) in [6.07, 6.45) is -7.12. The van der Waals surface area contributed by atoms with E-state index in [1.807, 2.05) is 0 Å². The first-order chi connectivity index (χ1) is 9.25. The van der Waals surface area contributed by atoms with Gasteiger partial charge in [0, 0.05) is 5.97 Å². The first-order valence-corrected chi connectivity index (χ1v) is 5.02. The number of rotatable bonds is 8. The number of aliphatic carboxylic acids is 1. The summed E-state index contributed by atoms with van der Waals surface area (Å²) in [5.74, 6) is -22.1. The third kappa shape index (κ3) is 5.54. The molecule has 124 valence electrons. The van der Waals surface area contributed by atoms with Crippen molar-refractivity contribution in [2.45, 2.75) is 37.0 Å². The van der Waals surface area contributed by atoms with Crippen LogP contribution in [0.2, 0.25) is 0 Å². The van der Waals surface area contributed by atoms with Crippen LogP contribution in [0.15, 0.2) is 0 Å². The van der Waals surface area contributed by atoms with Crippen molar-refractivity contribution in [3.63, 3.8) is 0 Å². The van der Waals surface area contributed by atoms with Crippen molar-refractivity contribution in [1.29, 1.82) is 0 Å². The molecule has 0 atom stereocenters. The molecular weight excluding hydrogens is 347 g/mol. The number of halogens is 8. The van der Waals surface area contributed by atoms with E-state index >= 15 is 0 Å². The number of alkyl halides is 8. The molecule has 0 radical (unpaired) electrons. The number of hydrogen-bond donors (Lipinski definition) is 0. The molecule has 0 amide bonds. The van der Waals surface area contributed by atoms with Crippen LogP contribution < -0.4 is 34.7 Å². The maximum atomic E-state index is 12.8. The number of carbonyl (C=O) groups excluding carboxylic acids is 2. The number of ether oxygens (including phenoxy) is 1. The van der Waals surface area contributed by atoms with Crippen LogP contribution in [0.4, 0.5) is 35.1 Å². The molecule has 0 unspecified atom stereocenters. The molecule has 0 saturated heterocycles. The molecule has 0 aromatic heterocycles. The first kappa shape index (κ1) is 23.6. The smallest absolute Gasteiger partial charge is 0.550 e. The number of hydrogen-bond acceptors (Lipinski definition) is 4. The molecule has 0 aromatic rings. The minimum atomic E-state index is -6.48. The van der Waals surface area contributed by atoms with E-state index < -0.39 is 55.6 Å². The van der Waals surface area contributed by atoms with Crippen LogP contribution in [-0.2, 0) is 14.3 Å². The van der Waals surface area contributed by atoms with Crippen LogP contribution in [0.5, 0.6) is 0 Å². The van der Waals surface area contributed by atoms with Crippen LogP contribution >= 0.6 is 0 Å². The van der Waals surface area contributed by atoms with Gasteiger partial charge in [-0.05, 0) is 6.42 Å². The van der Waals surface area contributed by atoms with E-state index in [1.54, 1.807) is 0 Å². The van der Waals surface area contributed by atoms with Gasteiger partial charge in [0.1, 0.15) is 0 Å². The van der Waals surface area contributed by atoms with E-state index in [0.29, 0.717) is 0 Å². The number of carboxylic acid groups (broad SMARTS) is 1. The third-order valence-corrected chi connectivity index (χ3v) is 2.10. The second-order valence-electron chi connectivity index (χ2n) is 3.74. The molecular formula is C9H7F8NaO4. The van der Waals surface area contributed by atoms with Gasteiger partial charge < -0.3 is 14.6 Å². The van der Waals surface area contributed by atoms with Crippen LogP contribution in [-0.4, -0.2) is 42.7 Å².